The highest BCUT2D eigenvalue weighted by Gasteiger charge is 2.60. The molecule has 4 aliphatic carbocycles. The summed E-state index contributed by atoms with van der Waals surface area (Å²) in [5.41, 5.74) is 1.22. The molecule has 4 fully saturated rings. The normalized spacial score (nSPS) is 32.8. The summed E-state index contributed by atoms with van der Waals surface area (Å²) >= 11 is 0. The zero-order valence-corrected chi connectivity index (χ0v) is 33.4. The van der Waals surface area contributed by atoms with Crippen molar-refractivity contribution in [2.45, 2.75) is 189 Å². The number of carbonyl (C=O) groups excluding carboxylic acids is 1. The van der Waals surface area contributed by atoms with Crippen molar-refractivity contribution in [1.82, 2.24) is 0 Å². The van der Waals surface area contributed by atoms with Gasteiger partial charge in [0.05, 0.1) is 6.61 Å². The summed E-state index contributed by atoms with van der Waals surface area (Å²) in [7, 11) is 0. The Bertz CT molecular complexity index is 1040. The third kappa shape index (κ3) is 11.3. The van der Waals surface area contributed by atoms with E-state index >= 15 is 0 Å². The molecule has 4 aliphatic rings. The van der Waals surface area contributed by atoms with Crippen LogP contribution in [0.1, 0.15) is 189 Å². The Morgan fingerprint density at radius 3 is 2.12 bits per heavy atom. The summed E-state index contributed by atoms with van der Waals surface area (Å²) in [5.74, 6) is 7.04. The summed E-state index contributed by atoms with van der Waals surface area (Å²) in [6, 6.07) is 0. The molecule has 0 aromatic heterocycles. The van der Waals surface area contributed by atoms with Gasteiger partial charge in [-0.25, -0.2) is 0 Å². The zero-order chi connectivity index (χ0) is 35.1. The third-order valence-electron chi connectivity index (χ3n) is 15.1. The predicted molar refractivity (Wildman–Crippen MR) is 211 cm³/mol. The highest BCUT2D eigenvalue weighted by atomic mass is 16.5. The quantitative estimate of drug-likeness (QED) is 0.0687. The summed E-state index contributed by atoms with van der Waals surface area (Å²) < 4.78 is 5.76. The zero-order valence-electron chi connectivity index (χ0n) is 33.4. The summed E-state index contributed by atoms with van der Waals surface area (Å²) in [4.78, 5) is 12.5. The van der Waals surface area contributed by atoms with Crippen molar-refractivity contribution in [2.24, 2.45) is 58.2 Å². The average molecular weight is 677 g/mol. The minimum absolute atomic E-state index is 0.00202. The minimum atomic E-state index is 0.00202. The van der Waals surface area contributed by atoms with Gasteiger partial charge in [0.25, 0.3) is 0 Å². The molecule has 280 valence electrons. The number of carbonyl (C=O) groups is 1. The van der Waals surface area contributed by atoms with Crippen molar-refractivity contribution in [3.8, 4) is 0 Å². The second-order valence-corrected chi connectivity index (χ2v) is 18.3. The highest BCUT2D eigenvalue weighted by molar-refractivity contribution is 5.69. The van der Waals surface area contributed by atoms with Gasteiger partial charge in [-0.2, -0.15) is 0 Å². The van der Waals surface area contributed by atoms with Gasteiger partial charge < -0.3 is 4.74 Å². The number of unbranched alkanes of at least 4 members (excludes halogenated alkanes) is 5. The van der Waals surface area contributed by atoms with Gasteiger partial charge in [-0.1, -0.05) is 110 Å². The topological polar surface area (TPSA) is 26.3 Å². The van der Waals surface area contributed by atoms with Gasteiger partial charge in [-0.15, -0.1) is 0 Å². The molecule has 0 spiro atoms. The maximum absolute atomic E-state index is 12.5. The van der Waals surface area contributed by atoms with Crippen LogP contribution >= 0.6 is 0 Å². The van der Waals surface area contributed by atoms with E-state index in [2.05, 4.69) is 78.0 Å². The SMILES string of the molecule is CCCCC/C=C\C/C=C\C/C=C\CCCCC(=O)OCC[C@H](CC[C@@H](C)[C@H]1CC[C@H]2[C@@H]3CCC4CCCC[C@]4(C)[C@H]3CC[C@]12C)C(C)C. The van der Waals surface area contributed by atoms with Crippen molar-refractivity contribution in [1.29, 1.82) is 0 Å². The number of allylic oxidation sites excluding steroid dienone is 6. The fraction of sp³-hybridized carbons (Fsp3) is 0.851. The second kappa shape index (κ2) is 20.7. The van der Waals surface area contributed by atoms with Crippen LogP contribution in [-0.4, -0.2) is 12.6 Å². The molecule has 1 unspecified atom stereocenters. The molecule has 0 heterocycles. The molecular formula is C47H80O2. The van der Waals surface area contributed by atoms with Gasteiger partial charge in [0.15, 0.2) is 0 Å². The number of esters is 1. The summed E-state index contributed by atoms with van der Waals surface area (Å²) in [5, 5.41) is 0. The maximum atomic E-state index is 12.5. The van der Waals surface area contributed by atoms with Crippen LogP contribution in [0.2, 0.25) is 0 Å². The van der Waals surface area contributed by atoms with E-state index in [1.807, 2.05) is 0 Å². The molecule has 49 heavy (non-hydrogen) atoms. The first-order valence-electron chi connectivity index (χ1n) is 21.8. The van der Waals surface area contributed by atoms with Crippen LogP contribution in [0.4, 0.5) is 0 Å². The third-order valence-corrected chi connectivity index (χ3v) is 15.1. The van der Waals surface area contributed by atoms with Crippen LogP contribution in [0.3, 0.4) is 0 Å². The molecule has 0 aromatic rings. The molecule has 0 amide bonds. The van der Waals surface area contributed by atoms with Gasteiger partial charge in [-0.05, 0) is 167 Å². The van der Waals surface area contributed by atoms with Crippen LogP contribution in [0, 0.1) is 58.2 Å². The van der Waals surface area contributed by atoms with Crippen LogP contribution in [0.25, 0.3) is 0 Å². The first kappa shape index (κ1) is 40.5. The highest BCUT2D eigenvalue weighted by Crippen LogP contribution is 2.68. The van der Waals surface area contributed by atoms with Gasteiger partial charge in [-0.3, -0.25) is 4.79 Å². The van der Waals surface area contributed by atoms with E-state index in [4.69, 9.17) is 4.74 Å². The number of fused-ring (bicyclic) bond motifs is 5. The summed E-state index contributed by atoms with van der Waals surface area (Å²) in [6.07, 6.45) is 43.2. The van der Waals surface area contributed by atoms with Crippen LogP contribution < -0.4 is 0 Å². The lowest BCUT2D eigenvalue weighted by Crippen LogP contribution is -2.53. The molecule has 4 saturated carbocycles. The fourth-order valence-electron chi connectivity index (χ4n) is 12.0. The smallest absolute Gasteiger partial charge is 0.305 e. The summed E-state index contributed by atoms with van der Waals surface area (Å²) in [6.45, 7) is 15.7. The molecule has 0 aliphatic heterocycles. The average Bonchev–Trinajstić information content (AvgIpc) is 3.44. The predicted octanol–water partition coefficient (Wildman–Crippen LogP) is 14.2. The molecule has 0 N–H and O–H groups in total. The van der Waals surface area contributed by atoms with Crippen molar-refractivity contribution >= 4 is 5.97 Å². The van der Waals surface area contributed by atoms with E-state index in [-0.39, 0.29) is 5.97 Å². The Hall–Kier alpha value is -1.31. The molecule has 2 nitrogen and oxygen atoms in total. The van der Waals surface area contributed by atoms with Gasteiger partial charge in [0.1, 0.15) is 0 Å². The lowest BCUT2D eigenvalue weighted by molar-refractivity contribution is -0.144. The molecule has 4 rings (SSSR count). The first-order valence-corrected chi connectivity index (χ1v) is 21.8. The van der Waals surface area contributed by atoms with E-state index in [1.165, 1.54) is 103 Å². The standard InChI is InChI=1S/C47H80O2/c1-7-8-9-10-11-12-13-14-15-16-17-18-19-20-21-25-45(48)49-36-33-39(37(2)3)27-26-38(4)42-30-31-43-41-29-28-40-24-22-23-34-46(40,5)44(41)32-35-47(42,43)6/h11-12,14-15,17-18,37-44H,7-10,13,16,19-36H2,1-6H3/b12-11-,15-14-,18-17-/t38-,39+,40?,41+,42-,43+,44+,46+,47-/m1/s1. The Balaban J connectivity index is 1.09. The van der Waals surface area contributed by atoms with E-state index in [9.17, 15) is 4.79 Å². The number of ether oxygens (including phenoxy) is 1. The van der Waals surface area contributed by atoms with Crippen molar-refractivity contribution in [3.63, 3.8) is 0 Å². The van der Waals surface area contributed by atoms with Gasteiger partial charge >= 0.3 is 5.97 Å². The Morgan fingerprint density at radius 2 is 1.41 bits per heavy atom. The van der Waals surface area contributed by atoms with Crippen LogP contribution in [-0.2, 0) is 9.53 Å². The number of rotatable bonds is 21. The Labute approximate surface area is 305 Å². The van der Waals surface area contributed by atoms with E-state index in [0.29, 0.717) is 35.7 Å². The largest absolute Gasteiger partial charge is 0.466 e. The van der Waals surface area contributed by atoms with E-state index < -0.39 is 0 Å². The molecule has 0 bridgehead atoms. The maximum Gasteiger partial charge on any atom is 0.305 e. The van der Waals surface area contributed by atoms with Crippen LogP contribution in [0.15, 0.2) is 36.5 Å². The molecule has 0 radical (unpaired) electrons. The molecule has 0 aromatic carbocycles. The van der Waals surface area contributed by atoms with E-state index in [0.717, 1.165) is 74.0 Å². The minimum Gasteiger partial charge on any atom is -0.466 e. The Kier molecular flexibility index (Phi) is 17.1. The molecule has 2 heteroatoms. The van der Waals surface area contributed by atoms with Gasteiger partial charge in [0.2, 0.25) is 0 Å². The van der Waals surface area contributed by atoms with Crippen molar-refractivity contribution < 1.29 is 9.53 Å². The van der Waals surface area contributed by atoms with Gasteiger partial charge in [0, 0.05) is 6.42 Å². The lowest BCUT2D eigenvalue weighted by Gasteiger charge is -2.61. The van der Waals surface area contributed by atoms with Crippen LogP contribution in [0.5, 0.6) is 0 Å². The lowest BCUT2D eigenvalue weighted by atomic mass is 9.44. The molecule has 0 saturated heterocycles. The number of hydrogen-bond donors (Lipinski definition) is 0. The van der Waals surface area contributed by atoms with Crippen molar-refractivity contribution in [2.75, 3.05) is 6.61 Å². The monoisotopic (exact) mass is 677 g/mol. The number of hydrogen-bond acceptors (Lipinski definition) is 2. The van der Waals surface area contributed by atoms with E-state index in [1.54, 1.807) is 0 Å². The Morgan fingerprint density at radius 1 is 0.714 bits per heavy atom. The first-order chi connectivity index (χ1) is 23.7. The molecule has 9 atom stereocenters. The second-order valence-electron chi connectivity index (χ2n) is 18.3. The fourth-order valence-corrected chi connectivity index (χ4v) is 12.0. The van der Waals surface area contributed by atoms with Crippen molar-refractivity contribution in [3.05, 3.63) is 36.5 Å². The molecular weight excluding hydrogens is 597 g/mol.